The zero-order chi connectivity index (χ0) is 13.8. The number of nitrogens with zero attached hydrogens (tertiary/aromatic N) is 2. The predicted molar refractivity (Wildman–Crippen MR) is 86.1 cm³/mol. The van der Waals surface area contributed by atoms with Gasteiger partial charge in [-0.15, -0.1) is 0 Å². The maximum atomic E-state index is 2.86. The number of hydrogen-bond acceptors (Lipinski definition) is 2. The van der Waals surface area contributed by atoms with Crippen LogP contribution in [0.3, 0.4) is 0 Å². The normalized spacial score (nSPS) is 49.5. The van der Waals surface area contributed by atoms with Crippen LogP contribution in [0.2, 0.25) is 0 Å². The second-order valence-electron chi connectivity index (χ2n) is 8.62. The Hall–Kier alpha value is -0.340. The van der Waals surface area contributed by atoms with E-state index in [1.54, 1.807) is 12.8 Å². The summed E-state index contributed by atoms with van der Waals surface area (Å²) in [5.41, 5.74) is 0. The largest absolute Gasteiger partial charge is 0.300 e. The number of rotatable bonds is 3. The van der Waals surface area contributed by atoms with Gasteiger partial charge in [0.15, 0.2) is 0 Å². The summed E-state index contributed by atoms with van der Waals surface area (Å²) < 4.78 is 0. The van der Waals surface area contributed by atoms with E-state index >= 15 is 0 Å². The van der Waals surface area contributed by atoms with Crippen molar-refractivity contribution in [2.45, 2.75) is 44.6 Å². The van der Waals surface area contributed by atoms with Crippen molar-refractivity contribution in [2.75, 3.05) is 32.7 Å². The summed E-state index contributed by atoms with van der Waals surface area (Å²) in [5, 5.41) is 0. The summed E-state index contributed by atoms with van der Waals surface area (Å²) in [4.78, 5) is 5.64. The maximum absolute atomic E-state index is 2.86. The fraction of sp³-hybridized carbons (Fsp3) is 0.895. The standard InChI is InChI=1S/C19H30N2/c1-3-16-9-14(1)11-18(16)13-20-5-7-21(8-6-20)19-12-15-2-4-17(19)10-15/h1,3,14-19H,2,4-13H2/t14-,15-,16-,17-,18-,19+/m0/s1. The quantitative estimate of drug-likeness (QED) is 0.736. The Labute approximate surface area is 129 Å². The van der Waals surface area contributed by atoms with Crippen LogP contribution >= 0.6 is 0 Å². The summed E-state index contributed by atoms with van der Waals surface area (Å²) >= 11 is 0. The van der Waals surface area contributed by atoms with Gasteiger partial charge in [0.1, 0.15) is 0 Å². The van der Waals surface area contributed by atoms with Crippen LogP contribution in [0.1, 0.15) is 38.5 Å². The Morgan fingerprint density at radius 2 is 1.76 bits per heavy atom. The van der Waals surface area contributed by atoms with Crippen LogP contribution < -0.4 is 0 Å². The predicted octanol–water partition coefficient (Wildman–Crippen LogP) is 3.00. The van der Waals surface area contributed by atoms with Gasteiger partial charge in [-0.25, -0.2) is 0 Å². The molecule has 1 heterocycles. The van der Waals surface area contributed by atoms with Crippen molar-refractivity contribution in [3.8, 4) is 0 Å². The SMILES string of the molecule is C1=C[C@H]2C[C@H]1C[C@H]2CN1CCN([C@@H]2C[C@H]3CC[C@H]2C3)CC1. The number of hydrogen-bond donors (Lipinski definition) is 0. The van der Waals surface area contributed by atoms with Gasteiger partial charge in [0.25, 0.3) is 0 Å². The summed E-state index contributed by atoms with van der Waals surface area (Å²) in [6, 6.07) is 0.969. The first-order chi connectivity index (χ1) is 10.3. The van der Waals surface area contributed by atoms with Crippen molar-refractivity contribution < 1.29 is 0 Å². The zero-order valence-corrected chi connectivity index (χ0v) is 13.3. The van der Waals surface area contributed by atoms with E-state index < -0.39 is 0 Å². The van der Waals surface area contributed by atoms with Crippen LogP contribution in [0.4, 0.5) is 0 Å². The average molecular weight is 286 g/mol. The average Bonchev–Trinajstić information content (AvgIpc) is 3.28. The van der Waals surface area contributed by atoms with Gasteiger partial charge in [-0.3, -0.25) is 4.90 Å². The lowest BCUT2D eigenvalue weighted by molar-refractivity contribution is 0.0618. The fourth-order valence-corrected chi connectivity index (χ4v) is 6.37. The van der Waals surface area contributed by atoms with Gasteiger partial charge in [-0.2, -0.15) is 0 Å². The highest BCUT2D eigenvalue weighted by molar-refractivity contribution is 5.10. The molecule has 5 aliphatic rings. The lowest BCUT2D eigenvalue weighted by atomic mass is 9.92. The van der Waals surface area contributed by atoms with Gasteiger partial charge in [0, 0.05) is 38.8 Å². The molecule has 4 bridgehead atoms. The van der Waals surface area contributed by atoms with Gasteiger partial charge in [-0.1, -0.05) is 18.6 Å². The first-order valence-electron chi connectivity index (χ1n) is 9.50. The van der Waals surface area contributed by atoms with E-state index in [9.17, 15) is 0 Å². The van der Waals surface area contributed by atoms with E-state index in [0.29, 0.717) is 0 Å². The molecule has 0 aromatic rings. The maximum Gasteiger partial charge on any atom is 0.0127 e. The van der Waals surface area contributed by atoms with Crippen molar-refractivity contribution >= 4 is 0 Å². The molecule has 2 heteroatoms. The van der Waals surface area contributed by atoms with Crippen LogP contribution in [-0.2, 0) is 0 Å². The van der Waals surface area contributed by atoms with E-state index in [-0.39, 0.29) is 0 Å². The Bertz CT molecular complexity index is 423. The molecule has 0 spiro atoms. The van der Waals surface area contributed by atoms with Crippen LogP contribution in [0.5, 0.6) is 0 Å². The van der Waals surface area contributed by atoms with E-state index in [2.05, 4.69) is 22.0 Å². The Balaban J connectivity index is 1.13. The zero-order valence-electron chi connectivity index (χ0n) is 13.3. The van der Waals surface area contributed by atoms with Gasteiger partial charge in [0.05, 0.1) is 0 Å². The van der Waals surface area contributed by atoms with E-state index in [1.165, 1.54) is 58.4 Å². The van der Waals surface area contributed by atoms with Crippen molar-refractivity contribution in [3.63, 3.8) is 0 Å². The molecular weight excluding hydrogens is 256 g/mol. The molecule has 4 aliphatic carbocycles. The van der Waals surface area contributed by atoms with E-state index in [0.717, 1.165) is 35.6 Å². The van der Waals surface area contributed by atoms with Crippen molar-refractivity contribution in [1.82, 2.24) is 9.80 Å². The minimum atomic E-state index is 0.929. The molecule has 3 saturated carbocycles. The van der Waals surface area contributed by atoms with Gasteiger partial charge >= 0.3 is 0 Å². The molecular formula is C19H30N2. The van der Waals surface area contributed by atoms with Crippen molar-refractivity contribution in [1.29, 1.82) is 0 Å². The molecule has 1 saturated heterocycles. The second kappa shape index (κ2) is 5.09. The third kappa shape index (κ3) is 2.30. The Morgan fingerprint density at radius 1 is 0.857 bits per heavy atom. The van der Waals surface area contributed by atoms with Gasteiger partial charge in [-0.05, 0) is 61.7 Å². The molecule has 4 fully saturated rings. The molecule has 21 heavy (non-hydrogen) atoms. The number of fused-ring (bicyclic) bond motifs is 4. The molecule has 6 atom stereocenters. The molecule has 2 nitrogen and oxygen atoms in total. The lowest BCUT2D eigenvalue weighted by Gasteiger charge is -2.42. The fourth-order valence-electron chi connectivity index (χ4n) is 6.37. The minimum Gasteiger partial charge on any atom is -0.300 e. The van der Waals surface area contributed by atoms with Crippen molar-refractivity contribution in [2.24, 2.45) is 29.6 Å². The summed E-state index contributed by atoms with van der Waals surface area (Å²) in [6.07, 6.45) is 14.1. The third-order valence-electron chi connectivity index (χ3n) is 7.49. The van der Waals surface area contributed by atoms with Gasteiger partial charge < -0.3 is 4.90 Å². The minimum absolute atomic E-state index is 0.929. The number of allylic oxidation sites excluding steroid dienone is 2. The van der Waals surface area contributed by atoms with Crippen LogP contribution in [0, 0.1) is 29.6 Å². The first-order valence-corrected chi connectivity index (χ1v) is 9.50. The van der Waals surface area contributed by atoms with Crippen LogP contribution in [0.15, 0.2) is 12.2 Å². The highest BCUT2D eigenvalue weighted by Gasteiger charge is 2.43. The molecule has 0 N–H and O–H groups in total. The van der Waals surface area contributed by atoms with Crippen molar-refractivity contribution in [3.05, 3.63) is 12.2 Å². The smallest absolute Gasteiger partial charge is 0.0127 e. The Morgan fingerprint density at radius 3 is 2.38 bits per heavy atom. The van der Waals surface area contributed by atoms with Crippen LogP contribution in [-0.4, -0.2) is 48.6 Å². The molecule has 1 aliphatic heterocycles. The van der Waals surface area contributed by atoms with Crippen LogP contribution in [0.25, 0.3) is 0 Å². The molecule has 0 aromatic heterocycles. The molecule has 0 radical (unpaired) electrons. The molecule has 5 rings (SSSR count). The first kappa shape index (κ1) is 13.1. The summed E-state index contributed by atoms with van der Waals surface area (Å²) in [6.45, 7) is 6.77. The number of piperazine rings is 1. The topological polar surface area (TPSA) is 6.48 Å². The highest BCUT2D eigenvalue weighted by atomic mass is 15.3. The van der Waals surface area contributed by atoms with E-state index in [4.69, 9.17) is 0 Å². The molecule has 0 amide bonds. The lowest BCUT2D eigenvalue weighted by Crippen LogP contribution is -2.52. The second-order valence-corrected chi connectivity index (χ2v) is 8.62. The van der Waals surface area contributed by atoms with E-state index in [1.807, 2.05) is 0 Å². The van der Waals surface area contributed by atoms with Gasteiger partial charge in [0.2, 0.25) is 0 Å². The third-order valence-corrected chi connectivity index (χ3v) is 7.49. The highest BCUT2D eigenvalue weighted by Crippen LogP contribution is 2.47. The molecule has 0 unspecified atom stereocenters. The Kier molecular flexibility index (Phi) is 3.19. The summed E-state index contributed by atoms with van der Waals surface area (Å²) in [7, 11) is 0. The molecule has 116 valence electrons. The summed E-state index contributed by atoms with van der Waals surface area (Å²) in [5.74, 6) is 5.01. The molecule has 0 aromatic carbocycles. The monoisotopic (exact) mass is 286 g/mol.